The summed E-state index contributed by atoms with van der Waals surface area (Å²) in [6, 6.07) is 8.20. The van der Waals surface area contributed by atoms with Crippen LogP contribution in [0.15, 0.2) is 42.6 Å². The molecule has 39 heavy (non-hydrogen) atoms. The highest BCUT2D eigenvalue weighted by Gasteiger charge is 2.31. The molecule has 1 unspecified atom stereocenters. The molecule has 0 radical (unpaired) electrons. The fourth-order valence-electron chi connectivity index (χ4n) is 4.41. The Balaban J connectivity index is 1.40. The predicted octanol–water partition coefficient (Wildman–Crippen LogP) is 4.58. The Labute approximate surface area is 223 Å². The smallest absolute Gasteiger partial charge is 0.416 e. The maximum atomic E-state index is 13.2. The number of amides is 1. The second-order valence-corrected chi connectivity index (χ2v) is 9.40. The fourth-order valence-corrected chi connectivity index (χ4v) is 4.41. The number of carbonyl (C=O) groups is 2. The molecule has 1 aromatic heterocycles. The van der Waals surface area contributed by atoms with Crippen LogP contribution in [-0.2, 0) is 24.1 Å². The summed E-state index contributed by atoms with van der Waals surface area (Å²) in [7, 11) is 0. The van der Waals surface area contributed by atoms with Gasteiger partial charge in [-0.15, -0.1) is 0 Å². The van der Waals surface area contributed by atoms with Crippen LogP contribution < -0.4 is 21.1 Å². The number of esters is 1. The topological polar surface area (TPSA) is 122 Å². The van der Waals surface area contributed by atoms with E-state index in [1.54, 1.807) is 25.3 Å². The number of nitrogens with one attached hydrogen (secondary N) is 2. The van der Waals surface area contributed by atoms with Crippen LogP contribution in [0.25, 0.3) is 0 Å². The molecule has 2 aromatic carbocycles. The summed E-state index contributed by atoms with van der Waals surface area (Å²) in [6.07, 6.45) is -2.04. The van der Waals surface area contributed by atoms with E-state index >= 15 is 0 Å². The van der Waals surface area contributed by atoms with Gasteiger partial charge in [-0.25, -0.2) is 9.97 Å². The van der Waals surface area contributed by atoms with Crippen molar-refractivity contribution < 1.29 is 27.5 Å². The van der Waals surface area contributed by atoms with Crippen LogP contribution in [0.4, 0.5) is 30.5 Å². The van der Waals surface area contributed by atoms with E-state index in [0.29, 0.717) is 30.8 Å². The summed E-state index contributed by atoms with van der Waals surface area (Å²) in [4.78, 5) is 35.0. The molecule has 0 saturated carbocycles. The third-order valence-corrected chi connectivity index (χ3v) is 6.36. The molecule has 0 saturated heterocycles. The van der Waals surface area contributed by atoms with E-state index in [4.69, 9.17) is 10.5 Å². The zero-order chi connectivity index (χ0) is 28.3. The first-order valence-corrected chi connectivity index (χ1v) is 12.3. The average Bonchev–Trinajstić information content (AvgIpc) is 3.27. The summed E-state index contributed by atoms with van der Waals surface area (Å²) < 4.78 is 44.6. The van der Waals surface area contributed by atoms with Crippen LogP contribution in [-0.4, -0.2) is 39.3 Å². The van der Waals surface area contributed by atoms with Crippen molar-refractivity contribution in [2.45, 2.75) is 52.5 Å². The van der Waals surface area contributed by atoms with Gasteiger partial charge in [-0.2, -0.15) is 13.2 Å². The molecule has 0 fully saturated rings. The number of nitrogen functional groups attached to an aromatic ring is 1. The molecule has 1 atom stereocenters. The van der Waals surface area contributed by atoms with Crippen molar-refractivity contribution in [3.63, 3.8) is 0 Å². The van der Waals surface area contributed by atoms with Crippen molar-refractivity contribution in [1.29, 1.82) is 0 Å². The van der Waals surface area contributed by atoms with Gasteiger partial charge in [0.15, 0.2) is 5.75 Å². The molecular weight excluding hydrogens is 513 g/mol. The van der Waals surface area contributed by atoms with Gasteiger partial charge in [-0.1, -0.05) is 6.92 Å². The van der Waals surface area contributed by atoms with E-state index in [1.165, 1.54) is 19.1 Å². The molecule has 2 heterocycles. The normalized spacial score (nSPS) is 14.0. The van der Waals surface area contributed by atoms with Crippen LogP contribution in [0.5, 0.6) is 5.75 Å². The number of nitrogens with two attached hydrogens (primary N) is 1. The molecule has 9 nitrogen and oxygen atoms in total. The molecule has 12 heteroatoms. The molecule has 0 aliphatic carbocycles. The largest absolute Gasteiger partial charge is 0.424 e. The number of ether oxygens (including phenoxy) is 1. The number of hydrogen-bond acceptors (Lipinski definition) is 8. The number of fused-ring (bicyclic) bond motifs is 1. The van der Waals surface area contributed by atoms with Crippen molar-refractivity contribution in [1.82, 2.24) is 20.2 Å². The molecule has 0 bridgehead atoms. The first kappa shape index (κ1) is 27.8. The number of benzene rings is 2. The zero-order valence-corrected chi connectivity index (χ0v) is 21.7. The van der Waals surface area contributed by atoms with E-state index < -0.39 is 17.7 Å². The monoisotopic (exact) mass is 542 g/mol. The van der Waals surface area contributed by atoms with E-state index in [2.05, 4.69) is 25.5 Å². The summed E-state index contributed by atoms with van der Waals surface area (Å²) in [5, 5.41) is 5.80. The van der Waals surface area contributed by atoms with Crippen molar-refractivity contribution in [3.05, 3.63) is 70.5 Å². The lowest BCUT2D eigenvalue weighted by Crippen LogP contribution is -2.41. The third-order valence-electron chi connectivity index (χ3n) is 6.36. The Hall–Kier alpha value is -4.19. The highest BCUT2D eigenvalue weighted by atomic mass is 19.4. The minimum absolute atomic E-state index is 0.00704. The van der Waals surface area contributed by atoms with E-state index in [1.807, 2.05) is 6.92 Å². The third kappa shape index (κ3) is 6.82. The van der Waals surface area contributed by atoms with Gasteiger partial charge in [0.05, 0.1) is 16.9 Å². The number of alkyl halides is 3. The summed E-state index contributed by atoms with van der Waals surface area (Å²) >= 11 is 0. The van der Waals surface area contributed by atoms with Gasteiger partial charge in [0.25, 0.3) is 5.91 Å². The SMILES string of the molecule is CCC(CNC(=O)c1ccc(N)c(OC(C)=O)c1)N1Cc2cnc(Nc3cc(C)cc(C(F)(F)F)c3)nc2C1. The second kappa shape index (κ2) is 11.3. The highest BCUT2D eigenvalue weighted by Crippen LogP contribution is 2.33. The molecule has 1 aliphatic heterocycles. The number of rotatable bonds is 8. The van der Waals surface area contributed by atoms with Crippen LogP contribution in [0, 0.1) is 6.92 Å². The maximum Gasteiger partial charge on any atom is 0.416 e. The number of nitrogens with zero attached hydrogens (tertiary/aromatic N) is 3. The minimum atomic E-state index is -4.45. The Morgan fingerprint density at radius 3 is 2.64 bits per heavy atom. The molecular formula is C27H29F3N6O3. The fraction of sp³-hybridized carbons (Fsp3) is 0.333. The lowest BCUT2D eigenvalue weighted by molar-refractivity contribution is -0.137. The van der Waals surface area contributed by atoms with Crippen molar-refractivity contribution >= 4 is 29.2 Å². The van der Waals surface area contributed by atoms with Crippen LogP contribution >= 0.6 is 0 Å². The lowest BCUT2D eigenvalue weighted by Gasteiger charge is -2.26. The maximum absolute atomic E-state index is 13.2. The molecule has 4 rings (SSSR count). The molecule has 206 valence electrons. The van der Waals surface area contributed by atoms with Gasteiger partial charge in [-0.05, 0) is 55.3 Å². The van der Waals surface area contributed by atoms with Gasteiger partial charge in [0.1, 0.15) is 0 Å². The molecule has 3 aromatic rings. The Morgan fingerprint density at radius 1 is 1.18 bits per heavy atom. The van der Waals surface area contributed by atoms with Gasteiger partial charge in [0, 0.05) is 55.6 Å². The standard InChI is InChI=1S/C27H29F3N6O3/c1-4-21(12-32-25(38)17-5-6-22(31)24(9-17)39-16(3)37)36-13-18-11-33-26(35-23(18)14-36)34-20-8-15(2)7-19(10-20)27(28,29)30/h5-11,21H,4,12-14,31H2,1-3H3,(H,32,38)(H,33,34,35). The van der Waals surface area contributed by atoms with E-state index in [-0.39, 0.29) is 35.0 Å². The van der Waals surface area contributed by atoms with E-state index in [0.717, 1.165) is 29.8 Å². The van der Waals surface area contributed by atoms with Gasteiger partial charge in [-0.3, -0.25) is 14.5 Å². The van der Waals surface area contributed by atoms with Gasteiger partial charge < -0.3 is 21.1 Å². The molecule has 1 amide bonds. The van der Waals surface area contributed by atoms with Crippen molar-refractivity contribution in [2.75, 3.05) is 17.6 Å². The van der Waals surface area contributed by atoms with Crippen molar-refractivity contribution in [3.8, 4) is 5.75 Å². The van der Waals surface area contributed by atoms with Gasteiger partial charge >= 0.3 is 12.1 Å². The van der Waals surface area contributed by atoms with Crippen LogP contribution in [0.2, 0.25) is 0 Å². The average molecular weight is 543 g/mol. The Kier molecular flexibility index (Phi) is 8.05. The Bertz CT molecular complexity index is 1400. The number of anilines is 3. The zero-order valence-electron chi connectivity index (χ0n) is 21.7. The molecule has 1 aliphatic rings. The number of aryl methyl sites for hydroxylation is 1. The lowest BCUT2D eigenvalue weighted by atomic mass is 10.1. The number of aromatic nitrogens is 2. The number of halogens is 3. The quantitative estimate of drug-likeness (QED) is 0.215. The number of carbonyl (C=O) groups excluding carboxylic acids is 2. The summed E-state index contributed by atoms with van der Waals surface area (Å²) in [5.74, 6) is -0.533. The number of hydrogen-bond donors (Lipinski definition) is 3. The minimum Gasteiger partial charge on any atom is -0.424 e. The van der Waals surface area contributed by atoms with Crippen molar-refractivity contribution in [2.24, 2.45) is 0 Å². The predicted molar refractivity (Wildman–Crippen MR) is 139 cm³/mol. The second-order valence-electron chi connectivity index (χ2n) is 9.40. The molecule has 4 N–H and O–H groups in total. The summed E-state index contributed by atoms with van der Waals surface area (Å²) in [6.45, 7) is 6.29. The highest BCUT2D eigenvalue weighted by molar-refractivity contribution is 5.95. The molecule has 0 spiro atoms. The summed E-state index contributed by atoms with van der Waals surface area (Å²) in [5.41, 5.74) is 8.04. The van der Waals surface area contributed by atoms with Gasteiger partial charge in [0.2, 0.25) is 5.95 Å². The Morgan fingerprint density at radius 2 is 1.95 bits per heavy atom. The van der Waals surface area contributed by atoms with Crippen LogP contribution in [0.3, 0.4) is 0 Å². The van der Waals surface area contributed by atoms with Crippen LogP contribution in [0.1, 0.15) is 53.0 Å². The first-order chi connectivity index (χ1) is 18.4. The van der Waals surface area contributed by atoms with E-state index in [9.17, 15) is 22.8 Å². The first-order valence-electron chi connectivity index (χ1n) is 12.3.